The number of rotatable bonds is 7. The smallest absolute Gasteiger partial charge is 0.123 e. The summed E-state index contributed by atoms with van der Waals surface area (Å²) < 4.78 is 6.17. The lowest BCUT2D eigenvalue weighted by atomic mass is 9.83. The van der Waals surface area contributed by atoms with Crippen molar-refractivity contribution in [2.75, 3.05) is 6.61 Å². The van der Waals surface area contributed by atoms with Crippen molar-refractivity contribution in [3.8, 4) is 5.75 Å². The Labute approximate surface area is 152 Å². The summed E-state index contributed by atoms with van der Waals surface area (Å²) in [6.45, 7) is 9.40. The lowest BCUT2D eigenvalue weighted by molar-refractivity contribution is -0.108. The Morgan fingerprint density at radius 1 is 1.24 bits per heavy atom. The zero-order valence-electron chi connectivity index (χ0n) is 15.9. The van der Waals surface area contributed by atoms with Crippen molar-refractivity contribution >= 4 is 6.29 Å². The Morgan fingerprint density at radius 2 is 2.04 bits per heavy atom. The Hall–Kier alpha value is -2.09. The van der Waals surface area contributed by atoms with E-state index in [1.165, 1.54) is 16.7 Å². The molecule has 0 N–H and O–H groups in total. The largest absolute Gasteiger partial charge is 0.489 e. The molecule has 1 atom stereocenters. The number of carbonyl (C=O) groups excluding carboxylic acids is 1. The molecule has 0 saturated heterocycles. The molecule has 25 heavy (non-hydrogen) atoms. The summed E-state index contributed by atoms with van der Waals surface area (Å²) in [6, 6.07) is 6.50. The van der Waals surface area contributed by atoms with Crippen LogP contribution in [0.3, 0.4) is 0 Å². The lowest BCUT2D eigenvalue weighted by Gasteiger charge is -2.24. The minimum Gasteiger partial charge on any atom is -0.489 e. The van der Waals surface area contributed by atoms with Crippen LogP contribution in [0.25, 0.3) is 0 Å². The summed E-state index contributed by atoms with van der Waals surface area (Å²) in [5.41, 5.74) is 3.78. The van der Waals surface area contributed by atoms with E-state index in [-0.39, 0.29) is 5.41 Å². The van der Waals surface area contributed by atoms with Gasteiger partial charge < -0.3 is 9.53 Å². The van der Waals surface area contributed by atoms with E-state index >= 15 is 0 Å². The normalized spacial score (nSPS) is 15.4. The van der Waals surface area contributed by atoms with Crippen molar-refractivity contribution in [3.63, 3.8) is 0 Å². The maximum Gasteiger partial charge on any atom is 0.123 e. The van der Waals surface area contributed by atoms with Crippen LogP contribution in [0.15, 0.2) is 54.2 Å². The molecule has 0 amide bonds. The molecule has 2 heteroatoms. The van der Waals surface area contributed by atoms with Crippen LogP contribution in [0.4, 0.5) is 0 Å². The zero-order valence-corrected chi connectivity index (χ0v) is 15.9. The first kappa shape index (κ1) is 19.2. The number of allylic oxidation sites excluding steroid dienone is 4. The van der Waals surface area contributed by atoms with Gasteiger partial charge in [-0.2, -0.15) is 0 Å². The number of hydrogen-bond acceptors (Lipinski definition) is 2. The third-order valence-corrected chi connectivity index (χ3v) is 4.59. The number of aldehydes is 1. The van der Waals surface area contributed by atoms with Crippen molar-refractivity contribution in [2.24, 2.45) is 0 Å². The van der Waals surface area contributed by atoms with Gasteiger partial charge in [-0.05, 0) is 46.9 Å². The van der Waals surface area contributed by atoms with Crippen molar-refractivity contribution in [2.45, 2.75) is 58.3 Å². The van der Waals surface area contributed by atoms with E-state index < -0.39 is 0 Å². The number of benzene rings is 1. The van der Waals surface area contributed by atoms with E-state index in [9.17, 15) is 4.79 Å². The maximum atomic E-state index is 10.8. The topological polar surface area (TPSA) is 26.3 Å². The van der Waals surface area contributed by atoms with Gasteiger partial charge in [0.1, 0.15) is 18.6 Å². The zero-order chi connectivity index (χ0) is 18.3. The Bertz CT molecular complexity index is 672. The highest BCUT2D eigenvalue weighted by molar-refractivity contribution is 5.50. The summed E-state index contributed by atoms with van der Waals surface area (Å²) in [5.74, 6) is 1.22. The van der Waals surface area contributed by atoms with E-state index in [1.54, 1.807) is 0 Å². The Balaban J connectivity index is 2.22. The molecule has 1 aromatic rings. The monoisotopic (exact) mass is 338 g/mol. The molecule has 0 radical (unpaired) electrons. The van der Waals surface area contributed by atoms with Crippen LogP contribution >= 0.6 is 0 Å². The van der Waals surface area contributed by atoms with E-state index in [0.29, 0.717) is 18.9 Å². The van der Waals surface area contributed by atoms with Crippen LogP contribution in [0, 0.1) is 0 Å². The third-order valence-electron chi connectivity index (χ3n) is 4.59. The van der Waals surface area contributed by atoms with Gasteiger partial charge in [-0.3, -0.25) is 0 Å². The van der Waals surface area contributed by atoms with Gasteiger partial charge in [0.2, 0.25) is 0 Å². The highest BCUT2D eigenvalue weighted by Gasteiger charge is 2.19. The Kier molecular flexibility index (Phi) is 6.81. The van der Waals surface area contributed by atoms with E-state index in [4.69, 9.17) is 4.74 Å². The summed E-state index contributed by atoms with van der Waals surface area (Å²) in [6.07, 6.45) is 13.9. The highest BCUT2D eigenvalue weighted by atomic mass is 16.5. The molecule has 1 aliphatic carbocycles. The van der Waals surface area contributed by atoms with Gasteiger partial charge in [-0.1, -0.05) is 70.2 Å². The van der Waals surface area contributed by atoms with E-state index in [1.807, 2.05) is 0 Å². The lowest BCUT2D eigenvalue weighted by Crippen LogP contribution is -2.13. The standard InChI is InChI=1S/C23H30O2/c1-18(10-9-15-24)21-16-20(23(2,3)4)13-14-22(21)25-17-19-11-7-5-6-8-12-19/h5-7,11-16,18H,8-10,17H2,1-4H3. The molecule has 2 nitrogen and oxygen atoms in total. The molecule has 0 heterocycles. The molecule has 0 saturated carbocycles. The van der Waals surface area contributed by atoms with E-state index in [2.05, 4.69) is 76.3 Å². The fourth-order valence-electron chi connectivity index (χ4n) is 2.90. The second kappa shape index (κ2) is 8.84. The van der Waals surface area contributed by atoms with Crippen molar-refractivity contribution in [3.05, 3.63) is 65.3 Å². The molecule has 1 aliphatic rings. The minimum absolute atomic E-state index is 0.0931. The Morgan fingerprint density at radius 3 is 2.76 bits per heavy atom. The first-order valence-electron chi connectivity index (χ1n) is 9.15. The summed E-state index contributed by atoms with van der Waals surface area (Å²) >= 11 is 0. The summed E-state index contributed by atoms with van der Waals surface area (Å²) in [4.78, 5) is 10.8. The maximum absolute atomic E-state index is 10.8. The highest BCUT2D eigenvalue weighted by Crippen LogP contribution is 2.34. The second-order valence-electron chi connectivity index (χ2n) is 7.74. The van der Waals surface area contributed by atoms with Crippen LogP contribution in [-0.4, -0.2) is 12.9 Å². The second-order valence-corrected chi connectivity index (χ2v) is 7.74. The first-order valence-corrected chi connectivity index (χ1v) is 9.15. The fourth-order valence-corrected chi connectivity index (χ4v) is 2.90. The molecule has 0 aromatic heterocycles. The van der Waals surface area contributed by atoms with Crippen molar-refractivity contribution in [1.29, 1.82) is 0 Å². The third kappa shape index (κ3) is 5.74. The van der Waals surface area contributed by atoms with Gasteiger partial charge in [0.25, 0.3) is 0 Å². The van der Waals surface area contributed by atoms with E-state index in [0.717, 1.165) is 24.9 Å². The van der Waals surface area contributed by atoms with Crippen LogP contribution in [0.5, 0.6) is 5.75 Å². The molecular weight excluding hydrogens is 308 g/mol. The first-order chi connectivity index (χ1) is 11.9. The van der Waals surface area contributed by atoms with Crippen LogP contribution < -0.4 is 4.74 Å². The SMILES string of the molecule is CC(CCC=O)c1cc(C(C)(C)C)ccc1OCC1=CCC=CC=C1. The predicted molar refractivity (Wildman–Crippen MR) is 105 cm³/mol. The summed E-state index contributed by atoms with van der Waals surface area (Å²) in [7, 11) is 0. The van der Waals surface area contributed by atoms with Crippen LogP contribution in [0.1, 0.15) is 64.0 Å². The molecule has 2 rings (SSSR count). The molecule has 0 aliphatic heterocycles. The number of carbonyl (C=O) groups is 1. The molecule has 0 fully saturated rings. The molecule has 1 aromatic carbocycles. The average Bonchev–Trinajstić information content (AvgIpc) is 2.85. The van der Waals surface area contributed by atoms with Crippen molar-refractivity contribution in [1.82, 2.24) is 0 Å². The summed E-state index contributed by atoms with van der Waals surface area (Å²) in [5, 5.41) is 0. The van der Waals surface area contributed by atoms with Gasteiger partial charge in [-0.15, -0.1) is 0 Å². The molecule has 134 valence electrons. The van der Waals surface area contributed by atoms with Gasteiger partial charge in [0, 0.05) is 6.42 Å². The van der Waals surface area contributed by atoms with Crippen molar-refractivity contribution < 1.29 is 9.53 Å². The van der Waals surface area contributed by atoms with Gasteiger partial charge in [0.05, 0.1) is 0 Å². The van der Waals surface area contributed by atoms with Gasteiger partial charge in [-0.25, -0.2) is 0 Å². The minimum atomic E-state index is 0.0931. The average molecular weight is 338 g/mol. The van der Waals surface area contributed by atoms with Crippen LogP contribution in [-0.2, 0) is 10.2 Å². The molecular formula is C23H30O2. The molecule has 0 bridgehead atoms. The fraction of sp³-hybridized carbons (Fsp3) is 0.435. The number of ether oxygens (including phenoxy) is 1. The predicted octanol–water partition coefficient (Wildman–Crippen LogP) is 5.89. The van der Waals surface area contributed by atoms with Gasteiger partial charge >= 0.3 is 0 Å². The van der Waals surface area contributed by atoms with Gasteiger partial charge in [0.15, 0.2) is 0 Å². The molecule has 0 spiro atoms. The van der Waals surface area contributed by atoms with Crippen LogP contribution in [0.2, 0.25) is 0 Å². The quantitative estimate of drug-likeness (QED) is 0.580. The number of hydrogen-bond donors (Lipinski definition) is 0. The molecule has 1 unspecified atom stereocenters.